The first-order chi connectivity index (χ1) is 18.4. The Balaban J connectivity index is 0.00000462. The second-order valence-corrected chi connectivity index (χ2v) is 10.6. The van der Waals surface area contributed by atoms with Crippen LogP contribution in [0.5, 0.6) is 11.5 Å². The molecule has 3 aliphatic carbocycles. The van der Waals surface area contributed by atoms with Crippen LogP contribution >= 0.6 is 15.9 Å². The Morgan fingerprint density at radius 2 is 1.82 bits per heavy atom. The number of halogens is 2. The van der Waals surface area contributed by atoms with Crippen molar-refractivity contribution in [2.45, 2.75) is 46.1 Å². The minimum atomic E-state index is -3.14. The molecule has 7 heteroatoms. The predicted octanol–water partition coefficient (Wildman–Crippen LogP) is 2.30. The zero-order chi connectivity index (χ0) is 29.9. The second-order valence-electron chi connectivity index (χ2n) is 9.78. The van der Waals surface area contributed by atoms with Gasteiger partial charge in [-0.1, -0.05) is 29.8 Å². The van der Waals surface area contributed by atoms with Crippen LogP contribution in [0, 0.1) is 23.2 Å². The summed E-state index contributed by atoms with van der Waals surface area (Å²) in [7, 11) is 2.91. The molecule has 5 rings (SSSR count). The molecule has 4 aliphatic rings. The Hall–Kier alpha value is -0.340. The number of quaternary nitrogens is 1. The van der Waals surface area contributed by atoms with Gasteiger partial charge in [-0.3, -0.25) is 0 Å². The van der Waals surface area contributed by atoms with Crippen molar-refractivity contribution in [3.63, 3.8) is 0 Å². The van der Waals surface area contributed by atoms with Gasteiger partial charge in [-0.25, -0.2) is 0 Å². The zero-order valence-corrected chi connectivity index (χ0v) is 23.1. The molecule has 0 amide bonds. The van der Waals surface area contributed by atoms with Crippen molar-refractivity contribution in [2.24, 2.45) is 23.2 Å². The average Bonchev–Trinajstić information content (AvgIpc) is 2.86. The van der Waals surface area contributed by atoms with E-state index < -0.39 is 37.1 Å². The molecule has 1 aromatic rings. The van der Waals surface area contributed by atoms with Crippen molar-refractivity contribution in [1.29, 1.82) is 0 Å². The molecule has 1 heterocycles. The van der Waals surface area contributed by atoms with Crippen molar-refractivity contribution in [3.05, 3.63) is 22.2 Å². The third kappa shape index (κ3) is 5.91. The first kappa shape index (κ1) is 18.0. The van der Waals surface area contributed by atoms with Crippen LogP contribution in [0.2, 0.25) is 0 Å². The van der Waals surface area contributed by atoms with Gasteiger partial charge in [-0.05, 0) is 61.0 Å². The summed E-state index contributed by atoms with van der Waals surface area (Å²) >= 11 is 3.45. The smallest absolute Gasteiger partial charge is 0.161 e. The fraction of sp³-hybridized carbons (Fsp3) is 0.769. The summed E-state index contributed by atoms with van der Waals surface area (Å²) in [5, 5.41) is 0. The molecule has 2 bridgehead atoms. The van der Waals surface area contributed by atoms with E-state index >= 15 is 0 Å². The summed E-state index contributed by atoms with van der Waals surface area (Å²) in [6, 6.07) is 3.17. The van der Waals surface area contributed by atoms with Crippen LogP contribution < -0.4 is 26.5 Å². The Labute approximate surface area is 230 Å². The standard InChI is InChI=1S/C26H41BrNO4.BrH/c1-26(2)21-6-5-19(22(26)16-21)7-11-31-12-8-28(9-13-32-14-10-28)18-20-15-24(29-3)25(30-4)17-23(20)27;/h15,17,19,21-22H,5-14,16,18H2,1-4H3;1H/q+1;/p-1/i9D2,10D2,13D2,14D2;. The van der Waals surface area contributed by atoms with Gasteiger partial charge in [-0.15, -0.1) is 0 Å². The Kier molecular flexibility index (Phi) is 6.32. The van der Waals surface area contributed by atoms with Gasteiger partial charge in [0.1, 0.15) is 26.1 Å². The molecule has 0 spiro atoms. The van der Waals surface area contributed by atoms with E-state index in [1.54, 1.807) is 12.1 Å². The molecule has 3 saturated carbocycles. The maximum absolute atomic E-state index is 8.88. The molecular formula is C26H41Br2NO4. The lowest BCUT2D eigenvalue weighted by molar-refractivity contribution is -0.947. The van der Waals surface area contributed by atoms with E-state index in [-0.39, 0.29) is 30.1 Å². The van der Waals surface area contributed by atoms with Crippen LogP contribution in [0.15, 0.2) is 16.6 Å². The third-order valence-corrected chi connectivity index (χ3v) is 8.60. The SMILES string of the molecule is [2H]C1([2H])OC([2H])([2H])C([2H])([2H])[N+](CCOCCC2CCC3CC2C3(C)C)(Cc2cc(OC)c(OC)cc2Br)C1([2H])[2H].[Br-]. The van der Waals surface area contributed by atoms with Crippen LogP contribution in [0.3, 0.4) is 0 Å². The van der Waals surface area contributed by atoms with Crippen molar-refractivity contribution >= 4 is 15.9 Å². The first-order valence-electron chi connectivity index (χ1n) is 15.4. The lowest BCUT2D eigenvalue weighted by Gasteiger charge is -2.60. The molecule has 33 heavy (non-hydrogen) atoms. The molecule has 1 aromatic carbocycles. The van der Waals surface area contributed by atoms with E-state index in [0.717, 1.165) is 18.8 Å². The largest absolute Gasteiger partial charge is 1.00 e. The van der Waals surface area contributed by atoms with Gasteiger partial charge in [0.05, 0.1) is 44.9 Å². The average molecular weight is 599 g/mol. The monoisotopic (exact) mass is 597 g/mol. The number of fused-ring (bicyclic) bond motifs is 2. The molecule has 0 N–H and O–H groups in total. The number of nitrogens with zero attached hydrogens (tertiary/aromatic N) is 1. The molecule has 1 aliphatic heterocycles. The highest BCUT2D eigenvalue weighted by Crippen LogP contribution is 2.61. The Morgan fingerprint density at radius 3 is 2.45 bits per heavy atom. The van der Waals surface area contributed by atoms with Crippen molar-refractivity contribution < 1.29 is 51.4 Å². The van der Waals surface area contributed by atoms with E-state index in [4.69, 9.17) is 29.9 Å². The quantitative estimate of drug-likeness (QED) is 0.306. The van der Waals surface area contributed by atoms with Crippen molar-refractivity contribution in [3.8, 4) is 11.5 Å². The summed E-state index contributed by atoms with van der Waals surface area (Å²) in [4.78, 5) is 0. The van der Waals surface area contributed by atoms with Gasteiger partial charge in [0, 0.05) is 16.6 Å². The summed E-state index contributed by atoms with van der Waals surface area (Å²) < 4.78 is 89.7. The Bertz CT molecular complexity index is 1080. The molecule has 1 saturated heterocycles. The fourth-order valence-electron chi connectivity index (χ4n) is 5.72. The van der Waals surface area contributed by atoms with E-state index in [9.17, 15) is 0 Å². The van der Waals surface area contributed by atoms with E-state index in [1.165, 1.54) is 27.1 Å². The van der Waals surface area contributed by atoms with E-state index in [1.807, 2.05) is 0 Å². The number of methoxy groups -OCH3 is 2. The molecule has 3 unspecified atom stereocenters. The molecule has 5 nitrogen and oxygen atoms in total. The molecule has 3 atom stereocenters. The number of benzene rings is 1. The summed E-state index contributed by atoms with van der Waals surface area (Å²) in [6.07, 6.45) is 4.49. The van der Waals surface area contributed by atoms with Crippen molar-refractivity contribution in [1.82, 2.24) is 0 Å². The van der Waals surface area contributed by atoms with Crippen LogP contribution in [0.25, 0.3) is 0 Å². The lowest BCUT2D eigenvalue weighted by atomic mass is 9.45. The number of rotatable bonds is 10. The third-order valence-electron chi connectivity index (χ3n) is 7.87. The van der Waals surface area contributed by atoms with Gasteiger partial charge in [0.25, 0.3) is 0 Å². The molecule has 0 radical (unpaired) electrons. The molecule has 0 aromatic heterocycles. The van der Waals surface area contributed by atoms with Crippen LogP contribution in [0.4, 0.5) is 0 Å². The van der Waals surface area contributed by atoms with Crippen LogP contribution in [-0.4, -0.2) is 64.6 Å². The van der Waals surface area contributed by atoms with Crippen molar-refractivity contribution in [2.75, 3.05) is 60.1 Å². The number of ether oxygens (including phenoxy) is 4. The summed E-state index contributed by atoms with van der Waals surface area (Å²) in [5.74, 6) is 2.73. The highest BCUT2D eigenvalue weighted by Gasteiger charge is 2.53. The number of morpholine rings is 1. The fourth-order valence-corrected chi connectivity index (χ4v) is 6.16. The van der Waals surface area contributed by atoms with Gasteiger partial charge >= 0.3 is 0 Å². The number of hydrogen-bond donors (Lipinski definition) is 0. The topological polar surface area (TPSA) is 36.9 Å². The molecular weight excluding hydrogens is 550 g/mol. The molecule has 4 fully saturated rings. The Morgan fingerprint density at radius 1 is 1.12 bits per heavy atom. The van der Waals surface area contributed by atoms with Gasteiger partial charge in [0.15, 0.2) is 11.5 Å². The van der Waals surface area contributed by atoms with Gasteiger partial charge < -0.3 is 40.4 Å². The summed E-state index contributed by atoms with van der Waals surface area (Å²) in [5.41, 5.74) is 0.741. The molecule has 188 valence electrons. The van der Waals surface area contributed by atoms with Gasteiger partial charge in [0.2, 0.25) is 0 Å². The van der Waals surface area contributed by atoms with Crippen LogP contribution in [-0.2, 0) is 16.0 Å². The minimum absolute atomic E-state index is 0. The maximum Gasteiger partial charge on any atom is 0.161 e. The highest BCUT2D eigenvalue weighted by atomic mass is 79.9. The first-order valence-corrected chi connectivity index (χ1v) is 12.2. The summed E-state index contributed by atoms with van der Waals surface area (Å²) in [6.45, 7) is -7.99. The van der Waals surface area contributed by atoms with Crippen LogP contribution in [0.1, 0.15) is 56.1 Å². The number of hydrogen-bond acceptors (Lipinski definition) is 4. The normalized spacial score (nSPS) is 36.9. The minimum Gasteiger partial charge on any atom is -1.00 e. The van der Waals surface area contributed by atoms with E-state index in [2.05, 4.69) is 29.8 Å². The second kappa shape index (κ2) is 11.6. The lowest BCUT2D eigenvalue weighted by Crippen LogP contribution is -3.00. The zero-order valence-electron chi connectivity index (χ0n) is 27.9. The van der Waals surface area contributed by atoms with Gasteiger partial charge in [-0.2, -0.15) is 0 Å². The maximum atomic E-state index is 8.88. The van der Waals surface area contributed by atoms with E-state index in [0.29, 0.717) is 45.4 Å². The highest BCUT2D eigenvalue weighted by molar-refractivity contribution is 9.10. The predicted molar refractivity (Wildman–Crippen MR) is 130 cm³/mol.